The number of hydrogen-bond acceptors (Lipinski definition) is 4. The minimum absolute atomic E-state index is 0. The van der Waals surface area contributed by atoms with Gasteiger partial charge in [0.05, 0.1) is 13.2 Å². The van der Waals surface area contributed by atoms with E-state index in [4.69, 9.17) is 9.47 Å². The SMILES string of the molecule is O=C1CCC2(CC1=C[O-])OCCO2.[Na+]. The Morgan fingerprint density at radius 1 is 1.36 bits per heavy atom. The van der Waals surface area contributed by atoms with Crippen molar-refractivity contribution in [1.29, 1.82) is 0 Å². The normalized spacial score (nSPS) is 28.0. The Hall–Kier alpha value is 0.130. The molecule has 2 rings (SSSR count). The van der Waals surface area contributed by atoms with E-state index in [1.165, 1.54) is 0 Å². The van der Waals surface area contributed by atoms with Crippen LogP contribution in [-0.2, 0) is 14.3 Å². The topological polar surface area (TPSA) is 58.6 Å². The number of carbonyl (C=O) groups excluding carboxylic acids is 1. The summed E-state index contributed by atoms with van der Waals surface area (Å²) in [7, 11) is 0. The fraction of sp³-hybridized carbons (Fsp3) is 0.667. The molecule has 0 atom stereocenters. The van der Waals surface area contributed by atoms with Crippen molar-refractivity contribution in [3.63, 3.8) is 0 Å². The molecule has 2 aliphatic rings. The van der Waals surface area contributed by atoms with Crippen molar-refractivity contribution in [3.05, 3.63) is 11.8 Å². The largest absolute Gasteiger partial charge is 1.00 e. The molecule has 14 heavy (non-hydrogen) atoms. The second-order valence-corrected chi connectivity index (χ2v) is 3.35. The summed E-state index contributed by atoms with van der Waals surface area (Å²) in [4.78, 5) is 11.2. The predicted molar refractivity (Wildman–Crippen MR) is 41.6 cm³/mol. The van der Waals surface area contributed by atoms with Crippen molar-refractivity contribution in [1.82, 2.24) is 0 Å². The zero-order valence-corrected chi connectivity index (χ0v) is 10.2. The first kappa shape index (κ1) is 12.2. The van der Waals surface area contributed by atoms with Crippen LogP contribution < -0.4 is 34.7 Å². The van der Waals surface area contributed by atoms with Gasteiger partial charge in [-0.3, -0.25) is 4.79 Å². The Morgan fingerprint density at radius 3 is 2.57 bits per heavy atom. The average molecular weight is 206 g/mol. The van der Waals surface area contributed by atoms with Gasteiger partial charge in [0.1, 0.15) is 0 Å². The Bertz CT molecular complexity index is 256. The fourth-order valence-corrected chi connectivity index (χ4v) is 1.79. The maximum Gasteiger partial charge on any atom is 1.00 e. The smallest absolute Gasteiger partial charge is 0.878 e. The van der Waals surface area contributed by atoms with Crippen molar-refractivity contribution in [3.8, 4) is 0 Å². The quantitative estimate of drug-likeness (QED) is 0.237. The van der Waals surface area contributed by atoms with Gasteiger partial charge >= 0.3 is 29.6 Å². The van der Waals surface area contributed by atoms with Gasteiger partial charge in [0.25, 0.3) is 0 Å². The van der Waals surface area contributed by atoms with Gasteiger partial charge < -0.3 is 14.6 Å². The van der Waals surface area contributed by atoms with Gasteiger partial charge in [-0.05, 0) is 5.57 Å². The molecule has 0 radical (unpaired) electrons. The van der Waals surface area contributed by atoms with Gasteiger partial charge in [-0.15, -0.1) is 6.26 Å². The summed E-state index contributed by atoms with van der Waals surface area (Å²) in [6.45, 7) is 1.11. The molecule has 0 aromatic rings. The Morgan fingerprint density at radius 2 is 2.00 bits per heavy atom. The van der Waals surface area contributed by atoms with E-state index < -0.39 is 5.79 Å². The molecule has 0 N–H and O–H groups in total. The van der Waals surface area contributed by atoms with Crippen LogP contribution in [0.25, 0.3) is 0 Å². The van der Waals surface area contributed by atoms with E-state index in [0.29, 0.717) is 44.3 Å². The Labute approximate surface area is 105 Å². The zero-order valence-electron chi connectivity index (χ0n) is 8.25. The Kier molecular flexibility index (Phi) is 4.15. The summed E-state index contributed by atoms with van der Waals surface area (Å²) >= 11 is 0. The molecule has 5 heteroatoms. The number of carbonyl (C=O) groups is 1. The van der Waals surface area contributed by atoms with E-state index >= 15 is 0 Å². The van der Waals surface area contributed by atoms with Gasteiger partial charge in [0.15, 0.2) is 11.6 Å². The standard InChI is InChI=1S/C9H12O4.Na/c10-6-7-5-9(2-1-8(7)11)12-3-4-13-9;/h6,10H,1-5H2;/q;+1/p-1. The minimum atomic E-state index is -0.663. The van der Waals surface area contributed by atoms with Gasteiger partial charge in [-0.1, -0.05) is 0 Å². The van der Waals surface area contributed by atoms with Crippen LogP contribution in [0.15, 0.2) is 11.8 Å². The van der Waals surface area contributed by atoms with Crippen molar-refractivity contribution in [2.45, 2.75) is 25.0 Å². The monoisotopic (exact) mass is 206 g/mol. The molecule has 0 amide bonds. The number of Topliss-reactive ketones (excluding diaryl/α,β-unsaturated/α-hetero) is 1. The molecular weight excluding hydrogens is 195 g/mol. The van der Waals surface area contributed by atoms with Crippen LogP contribution >= 0.6 is 0 Å². The number of ether oxygens (including phenoxy) is 2. The number of rotatable bonds is 0. The van der Waals surface area contributed by atoms with Crippen LogP contribution in [0, 0.1) is 0 Å². The maximum absolute atomic E-state index is 11.2. The Balaban J connectivity index is 0.000000980. The van der Waals surface area contributed by atoms with Gasteiger partial charge in [0, 0.05) is 19.3 Å². The minimum Gasteiger partial charge on any atom is -0.878 e. The molecule has 72 valence electrons. The summed E-state index contributed by atoms with van der Waals surface area (Å²) < 4.78 is 10.8. The maximum atomic E-state index is 11.2. The van der Waals surface area contributed by atoms with E-state index in [9.17, 15) is 9.90 Å². The molecule has 1 heterocycles. The molecule has 1 aliphatic heterocycles. The van der Waals surface area contributed by atoms with Gasteiger partial charge in [-0.25, -0.2) is 0 Å². The second-order valence-electron chi connectivity index (χ2n) is 3.35. The van der Waals surface area contributed by atoms with Crippen LogP contribution in [0.2, 0.25) is 0 Å². The van der Waals surface area contributed by atoms with Crippen LogP contribution in [0.3, 0.4) is 0 Å². The molecule has 1 spiro atoms. The first-order valence-electron chi connectivity index (χ1n) is 4.38. The average Bonchev–Trinajstić information content (AvgIpc) is 2.59. The summed E-state index contributed by atoms with van der Waals surface area (Å²) in [6.07, 6.45) is 1.86. The van der Waals surface area contributed by atoms with E-state index in [1.54, 1.807) is 0 Å². The summed E-state index contributed by atoms with van der Waals surface area (Å²) in [5.41, 5.74) is 0.299. The fourth-order valence-electron chi connectivity index (χ4n) is 1.79. The predicted octanol–water partition coefficient (Wildman–Crippen LogP) is -3.27. The van der Waals surface area contributed by atoms with Gasteiger partial charge in [0.2, 0.25) is 0 Å². The third-order valence-corrected chi connectivity index (χ3v) is 2.51. The van der Waals surface area contributed by atoms with Crippen LogP contribution in [-0.4, -0.2) is 24.8 Å². The molecule has 2 fully saturated rings. The van der Waals surface area contributed by atoms with E-state index in [-0.39, 0.29) is 35.3 Å². The van der Waals surface area contributed by atoms with Crippen molar-refractivity contribution in [2.24, 2.45) is 0 Å². The third kappa shape index (κ3) is 2.20. The van der Waals surface area contributed by atoms with Crippen LogP contribution in [0.4, 0.5) is 0 Å². The third-order valence-electron chi connectivity index (χ3n) is 2.51. The molecule has 0 bridgehead atoms. The van der Waals surface area contributed by atoms with Gasteiger partial charge in [-0.2, -0.15) is 0 Å². The molecule has 1 saturated carbocycles. The van der Waals surface area contributed by atoms with Crippen LogP contribution in [0.5, 0.6) is 0 Å². The molecular formula is C9H11NaO4. The zero-order chi connectivity index (χ0) is 9.31. The first-order valence-corrected chi connectivity index (χ1v) is 4.38. The van der Waals surface area contributed by atoms with E-state index in [1.807, 2.05) is 0 Å². The van der Waals surface area contributed by atoms with E-state index in [2.05, 4.69) is 0 Å². The second kappa shape index (κ2) is 4.77. The molecule has 0 aromatic heterocycles. The summed E-state index contributed by atoms with van der Waals surface area (Å²) in [6, 6.07) is 0. The van der Waals surface area contributed by atoms with Crippen LogP contribution in [0.1, 0.15) is 19.3 Å². The number of ketones is 1. The van der Waals surface area contributed by atoms with Crippen molar-refractivity contribution >= 4 is 5.78 Å². The summed E-state index contributed by atoms with van der Waals surface area (Å²) in [5.74, 6) is -0.732. The van der Waals surface area contributed by atoms with Crippen molar-refractivity contribution < 1.29 is 48.9 Å². The molecule has 0 unspecified atom stereocenters. The van der Waals surface area contributed by atoms with E-state index in [0.717, 1.165) is 0 Å². The summed E-state index contributed by atoms with van der Waals surface area (Å²) in [5, 5.41) is 10.5. The molecule has 1 aliphatic carbocycles. The molecule has 0 aromatic carbocycles. The first-order chi connectivity index (χ1) is 6.26. The number of hydrogen-bond donors (Lipinski definition) is 0. The van der Waals surface area contributed by atoms with Crippen molar-refractivity contribution in [2.75, 3.05) is 13.2 Å². The molecule has 4 nitrogen and oxygen atoms in total. The molecule has 1 saturated heterocycles.